The lowest BCUT2D eigenvalue weighted by molar-refractivity contribution is -0.322. The van der Waals surface area contributed by atoms with E-state index in [-0.39, 0.29) is 58.7 Å². The molecule has 9 fully saturated rings. The number of anilines is 1. The number of fused-ring (bicyclic) bond motifs is 13. The number of methoxy groups -OCH3 is 1. The summed E-state index contributed by atoms with van der Waals surface area (Å²) in [4.78, 5) is 20.9. The molecule has 442 valence electrons. The number of rotatable bonds is 9. The van der Waals surface area contributed by atoms with E-state index < -0.39 is 22.2 Å². The van der Waals surface area contributed by atoms with Crippen molar-refractivity contribution in [3.8, 4) is 47.0 Å². The fraction of sp³-hybridized carbons (Fsp3) is 0.714. The van der Waals surface area contributed by atoms with Crippen LogP contribution in [0.1, 0.15) is 185 Å². The number of nitrogens with zero attached hydrogens (tertiary/aromatic N) is 1. The fourth-order valence-electron chi connectivity index (χ4n) is 21.6. The summed E-state index contributed by atoms with van der Waals surface area (Å²) in [5.41, 5.74) is 1.05. The van der Waals surface area contributed by atoms with Crippen LogP contribution in [0.2, 0.25) is 0 Å². The number of aromatic hydroxyl groups is 1. The standard InChI is InChI=1S/C70H94N4O8/c1-5-45-19-21-52-53(17-11-33-75)63-65(26-6-7-27-65)30-31-69(63)51-38-56(62-60(39-51)81-67(44-71-2)41-50(16-12-34-80-62)66(42-67)29-25-49-37-47-13-8-18-58(47)82-70(49,78)43-66)74-64(72-3)73-32-10-15-48-14-9-28-68(48,61(77)24-22-55(69)54(52)35-45)40-46-20-23-57(76)59(36-46)79-4/h20,22-24,36,38-39,45,47-50,52-55,58,63,71,75-76,78H,5-9,11,13-19,21,25-31,33,35,37,40-44H2,1-4H3,(H2,72,73,74)/b24-22+/t45-,47-,48-,49-,50-,52-,53-,54+,55-,58-,63+,66+,67+,68-,69+,70+/m1/s1. The van der Waals surface area contributed by atoms with Crippen molar-refractivity contribution >= 4 is 17.4 Å². The summed E-state index contributed by atoms with van der Waals surface area (Å²) in [7, 11) is 5.40. The van der Waals surface area contributed by atoms with Crippen LogP contribution in [0.4, 0.5) is 5.69 Å². The number of carbonyl (C=O) groups is 1. The van der Waals surface area contributed by atoms with Crippen LogP contribution in [0.3, 0.4) is 0 Å². The lowest BCUT2D eigenvalue weighted by Gasteiger charge is -2.62. The molecule has 8 saturated carbocycles. The van der Waals surface area contributed by atoms with Gasteiger partial charge in [0, 0.05) is 62.3 Å². The Kier molecular flexibility index (Phi) is 15.3. The smallest absolute Gasteiger partial charge is 0.207 e. The Balaban J connectivity index is 0.999. The third-order valence-electron chi connectivity index (χ3n) is 24.9. The average molecular weight is 1120 g/mol. The highest BCUT2D eigenvalue weighted by Crippen LogP contribution is 2.74. The van der Waals surface area contributed by atoms with E-state index in [4.69, 9.17) is 23.9 Å². The van der Waals surface area contributed by atoms with Gasteiger partial charge in [0.15, 0.2) is 28.8 Å². The minimum Gasteiger partial charge on any atom is -0.504 e. The van der Waals surface area contributed by atoms with Crippen molar-refractivity contribution in [1.82, 2.24) is 10.6 Å². The molecule has 6 N–H and O–H groups in total. The summed E-state index contributed by atoms with van der Waals surface area (Å²) in [5, 5.41) is 45.1. The van der Waals surface area contributed by atoms with Gasteiger partial charge >= 0.3 is 0 Å². The van der Waals surface area contributed by atoms with Gasteiger partial charge in [-0.1, -0.05) is 69.4 Å². The number of nitrogens with one attached hydrogen (secondary N) is 3. The van der Waals surface area contributed by atoms with Gasteiger partial charge in [-0.3, -0.25) is 15.1 Å². The second-order valence-corrected chi connectivity index (χ2v) is 28.6. The van der Waals surface area contributed by atoms with Crippen molar-refractivity contribution in [3.63, 3.8) is 0 Å². The monoisotopic (exact) mass is 1120 g/mol. The first-order valence-electron chi connectivity index (χ1n) is 32.6. The third-order valence-corrected chi connectivity index (χ3v) is 24.9. The van der Waals surface area contributed by atoms with E-state index in [0.29, 0.717) is 90.9 Å². The SMILES string of the molecule is CC[C@@H]1CC[C@@H]2[C@@H](CCCO)[C@H]3C4(CCCC4)CC[C@@]34c3cc(c5c(c3)O[C@@]3(CNC)C[C@@H](CC#CO5)[C@@]5(CC[C@@H]6C[C@H]7CCC[C@H]7O[C@@]6(O)C5)C3)NC(=NC)NC#CC[C@H]3CCC[C@]3(Cc3ccc(O)c(OC)c3)C(=O)/C=C/[C@@H]4[C@H]2C1. The van der Waals surface area contributed by atoms with Gasteiger partial charge in [-0.2, -0.15) is 0 Å². The Bertz CT molecular complexity index is 2930. The number of phenols is 1. The van der Waals surface area contributed by atoms with Crippen LogP contribution in [-0.4, -0.2) is 78.9 Å². The topological polar surface area (TPSA) is 163 Å². The number of allylic oxidation sites excluding steroid dienone is 2. The number of benzene rings is 2. The Hall–Kier alpha value is -4.72. The molecule has 0 radical (unpaired) electrons. The molecule has 12 nitrogen and oxygen atoms in total. The van der Waals surface area contributed by atoms with Crippen molar-refractivity contribution < 1.29 is 39.1 Å². The molecule has 13 rings (SSSR count). The number of hydrogen-bond acceptors (Lipinski definition) is 10. The molecule has 3 spiro atoms. The fourth-order valence-corrected chi connectivity index (χ4v) is 21.6. The minimum absolute atomic E-state index is 0.00863. The van der Waals surface area contributed by atoms with E-state index in [2.05, 4.69) is 71.2 Å². The molecule has 2 aromatic rings. The molecule has 8 aliphatic carbocycles. The molecular formula is C70H94N4O8. The van der Waals surface area contributed by atoms with Crippen LogP contribution in [0.25, 0.3) is 0 Å². The van der Waals surface area contributed by atoms with Gasteiger partial charge in [-0.25, -0.2) is 0 Å². The quantitative estimate of drug-likeness (QED) is 0.133. The highest BCUT2D eigenvalue weighted by atomic mass is 16.6. The lowest BCUT2D eigenvalue weighted by Crippen LogP contribution is -2.58. The molecule has 82 heavy (non-hydrogen) atoms. The van der Waals surface area contributed by atoms with Crippen molar-refractivity contribution in [2.75, 3.05) is 39.7 Å². The Labute approximate surface area is 488 Å². The van der Waals surface area contributed by atoms with Gasteiger partial charge in [0.25, 0.3) is 0 Å². The number of phenolic OH excluding ortho intramolecular Hbond substituents is 1. The number of guanidine groups is 1. The summed E-state index contributed by atoms with van der Waals surface area (Å²) in [6, 6.07) is 13.6. The number of carbonyl (C=O) groups excluding carboxylic acids is 1. The first-order valence-corrected chi connectivity index (χ1v) is 32.6. The molecule has 11 aliphatic rings. The molecule has 3 aliphatic heterocycles. The molecule has 0 amide bonds. The predicted molar refractivity (Wildman–Crippen MR) is 319 cm³/mol. The maximum absolute atomic E-state index is 16.1. The maximum atomic E-state index is 16.1. The summed E-state index contributed by atoms with van der Waals surface area (Å²) >= 11 is 0. The number of aliphatic hydroxyl groups is 2. The first-order chi connectivity index (χ1) is 39.9. The van der Waals surface area contributed by atoms with Crippen molar-refractivity contribution in [2.45, 2.75) is 203 Å². The summed E-state index contributed by atoms with van der Waals surface area (Å²) in [6.07, 6.45) is 34.2. The van der Waals surface area contributed by atoms with Crippen molar-refractivity contribution in [3.05, 3.63) is 53.6 Å². The molecule has 16 atom stereocenters. The molecule has 2 aromatic carbocycles. The van der Waals surface area contributed by atoms with E-state index in [0.717, 1.165) is 108 Å². The first kappa shape index (κ1) is 56.4. The zero-order valence-corrected chi connectivity index (χ0v) is 49.7. The third kappa shape index (κ3) is 9.48. The van der Waals surface area contributed by atoms with Crippen molar-refractivity contribution in [2.24, 2.45) is 80.4 Å². The number of hydrogen-bond donors (Lipinski definition) is 6. The van der Waals surface area contributed by atoms with Crippen LogP contribution in [-0.2, 0) is 21.4 Å². The molecule has 0 aromatic heterocycles. The van der Waals surface area contributed by atoms with Crippen LogP contribution < -0.4 is 30.2 Å². The van der Waals surface area contributed by atoms with E-state index >= 15 is 4.79 Å². The predicted octanol–water partition coefficient (Wildman–Crippen LogP) is 12.1. The largest absolute Gasteiger partial charge is 0.504 e. The van der Waals surface area contributed by atoms with Gasteiger partial charge in [0.1, 0.15) is 11.7 Å². The number of likely N-dealkylation sites (N-methyl/N-ethyl adjacent to an activating group) is 1. The maximum Gasteiger partial charge on any atom is 0.207 e. The van der Waals surface area contributed by atoms with E-state index in [1.165, 1.54) is 56.9 Å². The Morgan fingerprint density at radius 3 is 2.57 bits per heavy atom. The molecule has 12 heteroatoms. The van der Waals surface area contributed by atoms with Gasteiger partial charge < -0.3 is 44.9 Å². The highest BCUT2D eigenvalue weighted by Gasteiger charge is 2.69. The zero-order valence-electron chi connectivity index (χ0n) is 49.7. The number of ketones is 1. The lowest BCUT2D eigenvalue weighted by atomic mass is 9.42. The van der Waals surface area contributed by atoms with E-state index in [1.807, 2.05) is 19.2 Å². The number of aliphatic hydroxyl groups excluding tert-OH is 1. The van der Waals surface area contributed by atoms with E-state index in [9.17, 15) is 15.3 Å². The minimum atomic E-state index is -1.16. The highest BCUT2D eigenvalue weighted by molar-refractivity contribution is 5.97. The summed E-state index contributed by atoms with van der Waals surface area (Å²) < 4.78 is 27.4. The van der Waals surface area contributed by atoms with Crippen molar-refractivity contribution in [1.29, 1.82) is 0 Å². The molecule has 1 saturated heterocycles. The molecule has 0 unspecified atom stereocenters. The number of ether oxygens (including phenoxy) is 4. The average Bonchev–Trinajstić information content (AvgIpc) is 1.77. The molecular weight excluding hydrogens is 1020 g/mol. The van der Waals surface area contributed by atoms with Crippen LogP contribution >= 0.6 is 0 Å². The second kappa shape index (κ2) is 22.3. The number of aliphatic imine (C=N–C) groups is 1. The zero-order chi connectivity index (χ0) is 56.5. The summed E-state index contributed by atoms with van der Waals surface area (Å²) in [5.74, 6) is 11.3. The van der Waals surface area contributed by atoms with Crippen LogP contribution in [0, 0.1) is 99.4 Å². The van der Waals surface area contributed by atoms with Gasteiger partial charge in [0.2, 0.25) is 11.7 Å². The Morgan fingerprint density at radius 2 is 1.76 bits per heavy atom. The molecule has 4 bridgehead atoms. The van der Waals surface area contributed by atoms with Gasteiger partial charge in [0.05, 0.1) is 18.9 Å². The van der Waals surface area contributed by atoms with E-state index in [1.54, 1.807) is 20.2 Å². The Morgan fingerprint density at radius 1 is 0.890 bits per heavy atom. The molecule has 3 heterocycles. The van der Waals surface area contributed by atoms with Gasteiger partial charge in [-0.05, 0) is 228 Å². The summed E-state index contributed by atoms with van der Waals surface area (Å²) in [6.45, 7) is 3.17. The van der Waals surface area contributed by atoms with Crippen LogP contribution in [0.5, 0.6) is 23.0 Å². The van der Waals surface area contributed by atoms with Crippen LogP contribution in [0.15, 0.2) is 47.5 Å². The van der Waals surface area contributed by atoms with Gasteiger partial charge in [-0.15, -0.1) is 0 Å². The normalized spacial score (nSPS) is 41.3. The second-order valence-electron chi connectivity index (χ2n) is 28.6.